The second kappa shape index (κ2) is 6.80. The molecule has 1 aromatic rings. The number of hydrogen-bond acceptors (Lipinski definition) is 3. The molecule has 1 amide bonds. The summed E-state index contributed by atoms with van der Waals surface area (Å²) in [5, 5.41) is 6.59. The summed E-state index contributed by atoms with van der Waals surface area (Å²) in [6.45, 7) is 1.68. The molecule has 0 radical (unpaired) electrons. The minimum atomic E-state index is -0.644. The Kier molecular flexibility index (Phi) is 4.79. The van der Waals surface area contributed by atoms with Gasteiger partial charge in [0.25, 0.3) is 5.91 Å². The molecular formula is C18H26N2O2. The Balaban J connectivity index is 1.70. The van der Waals surface area contributed by atoms with Crippen molar-refractivity contribution in [3.8, 4) is 0 Å². The fraction of sp³-hybridized carbons (Fsp3) is 0.611. The summed E-state index contributed by atoms with van der Waals surface area (Å²) in [5.74, 6) is 0.505. The molecule has 2 fully saturated rings. The Morgan fingerprint density at radius 2 is 1.95 bits per heavy atom. The first-order chi connectivity index (χ1) is 10.7. The van der Waals surface area contributed by atoms with E-state index in [1.807, 2.05) is 6.07 Å². The number of nitrogens with one attached hydrogen (secondary N) is 2. The Bertz CT molecular complexity index is 497. The van der Waals surface area contributed by atoms with Crippen molar-refractivity contribution in [1.82, 2.24) is 10.6 Å². The molecule has 1 aromatic carbocycles. The van der Waals surface area contributed by atoms with Crippen LogP contribution in [0.4, 0.5) is 0 Å². The molecule has 1 saturated carbocycles. The molecule has 1 aliphatic heterocycles. The molecule has 1 heterocycles. The molecule has 2 aliphatic rings. The third-order valence-electron chi connectivity index (χ3n) is 5.28. The molecule has 22 heavy (non-hydrogen) atoms. The largest absolute Gasteiger partial charge is 0.368 e. The van der Waals surface area contributed by atoms with E-state index >= 15 is 0 Å². The van der Waals surface area contributed by atoms with Crippen molar-refractivity contribution in [3.63, 3.8) is 0 Å². The van der Waals surface area contributed by atoms with Crippen LogP contribution in [-0.4, -0.2) is 37.7 Å². The van der Waals surface area contributed by atoms with E-state index in [-0.39, 0.29) is 11.9 Å². The highest BCUT2D eigenvalue weighted by Gasteiger charge is 2.42. The van der Waals surface area contributed by atoms with Crippen molar-refractivity contribution in [2.45, 2.75) is 49.7 Å². The molecule has 4 nitrogen and oxygen atoms in total. The van der Waals surface area contributed by atoms with Crippen molar-refractivity contribution in [3.05, 3.63) is 35.9 Å². The van der Waals surface area contributed by atoms with Crippen LogP contribution >= 0.6 is 0 Å². The summed E-state index contributed by atoms with van der Waals surface area (Å²) in [6.07, 6.45) is 4.88. The van der Waals surface area contributed by atoms with Crippen molar-refractivity contribution < 1.29 is 9.53 Å². The molecule has 120 valence electrons. The van der Waals surface area contributed by atoms with Crippen LogP contribution in [0, 0.1) is 0 Å². The zero-order valence-corrected chi connectivity index (χ0v) is 13.3. The molecule has 0 bridgehead atoms. The van der Waals surface area contributed by atoms with Gasteiger partial charge in [-0.2, -0.15) is 0 Å². The van der Waals surface area contributed by atoms with Crippen LogP contribution in [0.2, 0.25) is 0 Å². The van der Waals surface area contributed by atoms with Gasteiger partial charge in [0.2, 0.25) is 0 Å². The lowest BCUT2D eigenvalue weighted by Gasteiger charge is -2.36. The smallest absolute Gasteiger partial charge is 0.252 e. The van der Waals surface area contributed by atoms with Gasteiger partial charge in [0.1, 0.15) is 5.60 Å². The SMILES string of the molecule is COC1(C(=O)NC2CCCC2c2ccccc2)CCNCC1. The first-order valence-electron chi connectivity index (χ1n) is 8.37. The summed E-state index contributed by atoms with van der Waals surface area (Å²) < 4.78 is 5.64. The molecule has 0 spiro atoms. The molecule has 2 unspecified atom stereocenters. The molecule has 0 aromatic heterocycles. The zero-order valence-electron chi connectivity index (χ0n) is 13.3. The predicted molar refractivity (Wildman–Crippen MR) is 86.8 cm³/mol. The van der Waals surface area contributed by atoms with E-state index < -0.39 is 5.60 Å². The first kappa shape index (κ1) is 15.5. The summed E-state index contributed by atoms with van der Waals surface area (Å²) in [5.41, 5.74) is 0.691. The molecule has 1 saturated heterocycles. The van der Waals surface area contributed by atoms with E-state index in [2.05, 4.69) is 34.9 Å². The highest BCUT2D eigenvalue weighted by Crippen LogP contribution is 2.35. The van der Waals surface area contributed by atoms with Crippen LogP contribution in [-0.2, 0) is 9.53 Å². The van der Waals surface area contributed by atoms with Crippen LogP contribution < -0.4 is 10.6 Å². The predicted octanol–water partition coefficient (Wildman–Crippen LogP) is 2.21. The minimum Gasteiger partial charge on any atom is -0.368 e. The molecule has 3 rings (SSSR count). The summed E-state index contributed by atoms with van der Waals surface area (Å²) in [7, 11) is 1.66. The van der Waals surface area contributed by atoms with E-state index in [4.69, 9.17) is 4.74 Å². The number of carbonyl (C=O) groups is 1. The number of rotatable bonds is 4. The Labute approximate surface area is 132 Å². The fourth-order valence-electron chi connectivity index (χ4n) is 3.89. The highest BCUT2D eigenvalue weighted by molar-refractivity contribution is 5.85. The van der Waals surface area contributed by atoms with E-state index in [9.17, 15) is 4.79 Å². The van der Waals surface area contributed by atoms with Gasteiger partial charge in [0.15, 0.2) is 0 Å². The maximum absolute atomic E-state index is 12.8. The van der Waals surface area contributed by atoms with Crippen molar-refractivity contribution >= 4 is 5.91 Å². The number of hydrogen-bond donors (Lipinski definition) is 2. The normalized spacial score (nSPS) is 27.5. The molecule has 4 heteroatoms. The third-order valence-corrected chi connectivity index (χ3v) is 5.28. The van der Waals surface area contributed by atoms with Gasteiger partial charge in [-0.15, -0.1) is 0 Å². The van der Waals surface area contributed by atoms with E-state index in [1.54, 1.807) is 7.11 Å². The number of amides is 1. The topological polar surface area (TPSA) is 50.4 Å². The second-order valence-electron chi connectivity index (χ2n) is 6.48. The highest BCUT2D eigenvalue weighted by atomic mass is 16.5. The van der Waals surface area contributed by atoms with Gasteiger partial charge in [-0.05, 0) is 44.3 Å². The zero-order chi connectivity index (χ0) is 15.4. The van der Waals surface area contributed by atoms with E-state index in [0.717, 1.165) is 38.8 Å². The van der Waals surface area contributed by atoms with Crippen LogP contribution in [0.15, 0.2) is 30.3 Å². The molecule has 1 aliphatic carbocycles. The van der Waals surface area contributed by atoms with Crippen LogP contribution in [0.1, 0.15) is 43.6 Å². The van der Waals surface area contributed by atoms with Crippen LogP contribution in [0.3, 0.4) is 0 Å². The maximum Gasteiger partial charge on any atom is 0.252 e. The minimum absolute atomic E-state index is 0.0735. The molecule has 2 atom stereocenters. The lowest BCUT2D eigenvalue weighted by molar-refractivity contribution is -0.147. The second-order valence-corrected chi connectivity index (χ2v) is 6.48. The van der Waals surface area contributed by atoms with Crippen molar-refractivity contribution in [2.24, 2.45) is 0 Å². The quantitative estimate of drug-likeness (QED) is 0.896. The number of piperidine rings is 1. The standard InChI is InChI=1S/C18H26N2O2/c1-22-18(10-12-19-13-11-18)17(21)20-16-9-5-8-15(16)14-6-3-2-4-7-14/h2-4,6-7,15-16,19H,5,8-13H2,1H3,(H,20,21). The van der Waals surface area contributed by atoms with Gasteiger partial charge in [0.05, 0.1) is 0 Å². The number of carbonyl (C=O) groups excluding carboxylic acids is 1. The Morgan fingerprint density at radius 3 is 2.64 bits per heavy atom. The van der Waals surface area contributed by atoms with Gasteiger partial charge in [-0.1, -0.05) is 36.8 Å². The average molecular weight is 302 g/mol. The van der Waals surface area contributed by atoms with Crippen molar-refractivity contribution in [1.29, 1.82) is 0 Å². The van der Waals surface area contributed by atoms with Gasteiger partial charge in [-0.25, -0.2) is 0 Å². The number of ether oxygens (including phenoxy) is 1. The van der Waals surface area contributed by atoms with Gasteiger partial charge >= 0.3 is 0 Å². The monoisotopic (exact) mass is 302 g/mol. The third kappa shape index (κ3) is 3.03. The van der Waals surface area contributed by atoms with Gasteiger partial charge in [0, 0.05) is 19.1 Å². The van der Waals surface area contributed by atoms with Crippen LogP contribution in [0.5, 0.6) is 0 Å². The Morgan fingerprint density at radius 1 is 1.23 bits per heavy atom. The van der Waals surface area contributed by atoms with Crippen LogP contribution in [0.25, 0.3) is 0 Å². The Hall–Kier alpha value is -1.39. The maximum atomic E-state index is 12.8. The summed E-state index contributed by atoms with van der Waals surface area (Å²) >= 11 is 0. The average Bonchev–Trinajstić information content (AvgIpc) is 3.04. The van der Waals surface area contributed by atoms with Crippen molar-refractivity contribution in [2.75, 3.05) is 20.2 Å². The van der Waals surface area contributed by atoms with Gasteiger partial charge in [-0.3, -0.25) is 4.79 Å². The summed E-state index contributed by atoms with van der Waals surface area (Å²) in [6, 6.07) is 10.8. The lowest BCUT2D eigenvalue weighted by Crippen LogP contribution is -2.56. The summed E-state index contributed by atoms with van der Waals surface area (Å²) in [4.78, 5) is 12.8. The van der Waals surface area contributed by atoms with E-state index in [1.165, 1.54) is 12.0 Å². The number of benzene rings is 1. The van der Waals surface area contributed by atoms with E-state index in [0.29, 0.717) is 5.92 Å². The van der Waals surface area contributed by atoms with Gasteiger partial charge < -0.3 is 15.4 Å². The first-order valence-corrected chi connectivity index (χ1v) is 8.37. The lowest BCUT2D eigenvalue weighted by atomic mass is 9.89. The molecule has 2 N–H and O–H groups in total. The number of methoxy groups -OCH3 is 1. The fourth-order valence-corrected chi connectivity index (χ4v) is 3.89. The molecular weight excluding hydrogens is 276 g/mol.